The summed E-state index contributed by atoms with van der Waals surface area (Å²) in [5.74, 6) is -0.893. The molecule has 0 saturated heterocycles. The van der Waals surface area contributed by atoms with Gasteiger partial charge in [-0.2, -0.15) is 4.99 Å². The number of nitrogens with zero attached hydrogens (tertiary/aromatic N) is 3. The van der Waals surface area contributed by atoms with Crippen molar-refractivity contribution in [1.82, 2.24) is 4.57 Å². The molecule has 2 heterocycles. The maximum absolute atomic E-state index is 12.2. The van der Waals surface area contributed by atoms with Gasteiger partial charge in [-0.1, -0.05) is 17.4 Å². The Bertz CT molecular complexity index is 1050. The molecule has 10 heteroatoms. The molecule has 0 radical (unpaired) electrons. The first-order chi connectivity index (χ1) is 12.5. The van der Waals surface area contributed by atoms with Gasteiger partial charge in [0.25, 0.3) is 11.6 Å². The number of carbonyl (C=O) groups excluding carboxylic acids is 2. The predicted molar refractivity (Wildman–Crippen MR) is 97.1 cm³/mol. The largest absolute Gasteiger partial charge is 0.468 e. The van der Waals surface area contributed by atoms with Crippen LogP contribution in [-0.4, -0.2) is 28.5 Å². The van der Waals surface area contributed by atoms with E-state index >= 15 is 0 Å². The van der Waals surface area contributed by atoms with Crippen LogP contribution in [0.25, 0.3) is 10.2 Å². The molecule has 2 aromatic heterocycles. The zero-order valence-electron chi connectivity index (χ0n) is 13.6. The second-order valence-corrected chi connectivity index (χ2v) is 7.26. The van der Waals surface area contributed by atoms with Crippen molar-refractivity contribution in [3.8, 4) is 0 Å². The molecule has 1 aromatic carbocycles. The Kier molecular flexibility index (Phi) is 5.24. The van der Waals surface area contributed by atoms with E-state index in [9.17, 15) is 19.7 Å². The summed E-state index contributed by atoms with van der Waals surface area (Å²) in [6, 6.07) is 8.00. The summed E-state index contributed by atoms with van der Waals surface area (Å²) < 4.78 is 6.83. The number of nitro groups is 1. The summed E-state index contributed by atoms with van der Waals surface area (Å²) in [4.78, 5) is 39.8. The van der Waals surface area contributed by atoms with Crippen LogP contribution in [0.15, 0.2) is 40.7 Å². The fraction of sp³-hybridized carbons (Fsp3) is 0.188. The van der Waals surface area contributed by atoms with Crippen LogP contribution < -0.4 is 4.80 Å². The SMILES string of the molecule is COC(=O)Cn1c(=NC(=O)Cc2cccs2)sc2ccc([N+](=O)[O-])cc21. The molecule has 0 aliphatic heterocycles. The molecular weight excluding hydrogens is 378 g/mol. The number of thiophene rings is 1. The number of non-ortho nitro benzene ring substituents is 1. The molecule has 26 heavy (non-hydrogen) atoms. The molecule has 1 amide bonds. The average Bonchev–Trinajstić information content (AvgIpc) is 3.22. The maximum Gasteiger partial charge on any atom is 0.325 e. The first kappa shape index (κ1) is 18.0. The van der Waals surface area contributed by atoms with Crippen LogP contribution in [0.5, 0.6) is 0 Å². The van der Waals surface area contributed by atoms with E-state index in [4.69, 9.17) is 0 Å². The number of methoxy groups -OCH3 is 1. The molecule has 8 nitrogen and oxygen atoms in total. The Labute approximate surface area is 155 Å². The second-order valence-electron chi connectivity index (χ2n) is 5.22. The van der Waals surface area contributed by atoms with E-state index in [1.807, 2.05) is 17.5 Å². The number of thiazole rings is 1. The number of amides is 1. The van der Waals surface area contributed by atoms with Crippen LogP contribution in [0.2, 0.25) is 0 Å². The number of benzene rings is 1. The van der Waals surface area contributed by atoms with E-state index in [-0.39, 0.29) is 24.6 Å². The van der Waals surface area contributed by atoms with Gasteiger partial charge in [0.05, 0.1) is 28.7 Å². The number of esters is 1. The third-order valence-corrected chi connectivity index (χ3v) is 5.45. The van der Waals surface area contributed by atoms with Crippen molar-refractivity contribution in [3.63, 3.8) is 0 Å². The van der Waals surface area contributed by atoms with Gasteiger partial charge in [0, 0.05) is 17.0 Å². The number of hydrogen-bond acceptors (Lipinski definition) is 7. The fourth-order valence-electron chi connectivity index (χ4n) is 2.31. The molecule has 134 valence electrons. The minimum Gasteiger partial charge on any atom is -0.468 e. The van der Waals surface area contributed by atoms with Crippen LogP contribution in [0.1, 0.15) is 4.88 Å². The molecule has 0 N–H and O–H groups in total. The summed E-state index contributed by atoms with van der Waals surface area (Å²) in [5, 5.41) is 12.9. The molecular formula is C16H13N3O5S2. The van der Waals surface area contributed by atoms with Crippen LogP contribution in [0, 0.1) is 10.1 Å². The van der Waals surface area contributed by atoms with Gasteiger partial charge in [-0.05, 0) is 17.5 Å². The van der Waals surface area contributed by atoms with Crippen molar-refractivity contribution in [1.29, 1.82) is 0 Å². The van der Waals surface area contributed by atoms with Gasteiger partial charge < -0.3 is 9.30 Å². The Morgan fingerprint density at radius 1 is 1.35 bits per heavy atom. The highest BCUT2D eigenvalue weighted by Gasteiger charge is 2.15. The predicted octanol–water partition coefficient (Wildman–Crippen LogP) is 2.52. The van der Waals surface area contributed by atoms with Crippen LogP contribution in [0.4, 0.5) is 5.69 Å². The van der Waals surface area contributed by atoms with Crippen LogP contribution >= 0.6 is 22.7 Å². The van der Waals surface area contributed by atoms with Gasteiger partial charge in [-0.15, -0.1) is 11.3 Å². The summed E-state index contributed by atoms with van der Waals surface area (Å²) in [5.41, 5.74) is 0.350. The highest BCUT2D eigenvalue weighted by Crippen LogP contribution is 2.23. The fourth-order valence-corrected chi connectivity index (χ4v) is 4.03. The van der Waals surface area contributed by atoms with E-state index in [1.165, 1.54) is 46.5 Å². The lowest BCUT2D eigenvalue weighted by Crippen LogP contribution is -2.22. The van der Waals surface area contributed by atoms with E-state index in [1.54, 1.807) is 6.07 Å². The van der Waals surface area contributed by atoms with E-state index < -0.39 is 10.9 Å². The van der Waals surface area contributed by atoms with Crippen LogP contribution in [-0.2, 0) is 27.3 Å². The summed E-state index contributed by atoms with van der Waals surface area (Å²) in [6.45, 7) is -0.192. The van der Waals surface area contributed by atoms with Gasteiger partial charge in [0.1, 0.15) is 6.54 Å². The Hall–Kier alpha value is -2.85. The van der Waals surface area contributed by atoms with Gasteiger partial charge in [-0.25, -0.2) is 0 Å². The number of carbonyl (C=O) groups is 2. The first-order valence-corrected chi connectivity index (χ1v) is 9.12. The van der Waals surface area contributed by atoms with Crippen LogP contribution in [0.3, 0.4) is 0 Å². The zero-order chi connectivity index (χ0) is 18.7. The second kappa shape index (κ2) is 7.58. The minimum atomic E-state index is -0.539. The zero-order valence-corrected chi connectivity index (χ0v) is 15.2. The molecule has 0 spiro atoms. The normalized spacial score (nSPS) is 11.7. The molecule has 0 unspecified atom stereocenters. The van der Waals surface area contributed by atoms with Crippen molar-refractivity contribution < 1.29 is 19.2 Å². The van der Waals surface area contributed by atoms with Gasteiger partial charge in [0.2, 0.25) is 0 Å². The summed E-state index contributed by atoms with van der Waals surface area (Å²) in [6.07, 6.45) is 0.157. The topological polar surface area (TPSA) is 104 Å². The lowest BCUT2D eigenvalue weighted by Gasteiger charge is -2.03. The van der Waals surface area contributed by atoms with Gasteiger partial charge in [0.15, 0.2) is 4.80 Å². The third kappa shape index (κ3) is 3.86. The number of hydrogen-bond donors (Lipinski definition) is 0. The van der Waals surface area contributed by atoms with Crippen molar-refractivity contribution in [2.45, 2.75) is 13.0 Å². The Morgan fingerprint density at radius 2 is 2.15 bits per heavy atom. The van der Waals surface area contributed by atoms with Gasteiger partial charge in [-0.3, -0.25) is 19.7 Å². The quantitative estimate of drug-likeness (QED) is 0.378. The lowest BCUT2D eigenvalue weighted by molar-refractivity contribution is -0.384. The maximum atomic E-state index is 12.2. The first-order valence-electron chi connectivity index (χ1n) is 7.42. The summed E-state index contributed by atoms with van der Waals surface area (Å²) >= 11 is 2.64. The summed E-state index contributed by atoms with van der Waals surface area (Å²) in [7, 11) is 1.25. The number of aromatic nitrogens is 1. The number of nitro benzene ring substituents is 1. The monoisotopic (exact) mass is 391 g/mol. The molecule has 0 saturated carbocycles. The van der Waals surface area contributed by atoms with E-state index in [2.05, 4.69) is 9.73 Å². The number of fused-ring (bicyclic) bond motifs is 1. The van der Waals surface area contributed by atoms with Crippen molar-refractivity contribution >= 4 is 50.5 Å². The molecule has 0 fully saturated rings. The highest BCUT2D eigenvalue weighted by atomic mass is 32.1. The number of ether oxygens (including phenoxy) is 1. The molecule has 0 aliphatic rings. The smallest absolute Gasteiger partial charge is 0.325 e. The Balaban J connectivity index is 2.08. The molecule has 0 atom stereocenters. The highest BCUT2D eigenvalue weighted by molar-refractivity contribution is 7.16. The number of rotatable bonds is 5. The van der Waals surface area contributed by atoms with Crippen molar-refractivity contribution in [3.05, 3.63) is 55.5 Å². The van der Waals surface area contributed by atoms with Crippen molar-refractivity contribution in [2.24, 2.45) is 4.99 Å². The lowest BCUT2D eigenvalue weighted by atomic mass is 10.3. The van der Waals surface area contributed by atoms with E-state index in [0.717, 1.165) is 4.88 Å². The standard InChI is InChI=1S/C16H13N3O5S2/c1-24-15(21)9-18-12-7-10(19(22)23)4-5-13(12)26-16(18)17-14(20)8-11-3-2-6-25-11/h2-7H,8-9H2,1H3. The van der Waals surface area contributed by atoms with E-state index in [0.29, 0.717) is 15.0 Å². The Morgan fingerprint density at radius 3 is 2.81 bits per heavy atom. The molecule has 3 rings (SSSR count). The van der Waals surface area contributed by atoms with Gasteiger partial charge >= 0.3 is 5.97 Å². The third-order valence-electron chi connectivity index (χ3n) is 3.52. The molecule has 0 aliphatic carbocycles. The molecule has 3 aromatic rings. The van der Waals surface area contributed by atoms with Crippen molar-refractivity contribution in [2.75, 3.05) is 7.11 Å². The minimum absolute atomic E-state index is 0.106. The average molecular weight is 391 g/mol. The molecule has 0 bridgehead atoms.